The van der Waals surface area contributed by atoms with Gasteiger partial charge in [-0.3, -0.25) is 4.90 Å². The number of rotatable bonds is 9. The molecule has 1 amide bonds. The molecule has 178 valence electrons. The highest BCUT2D eigenvalue weighted by Gasteiger charge is 2.47. The Kier molecular flexibility index (Phi) is 7.28. The van der Waals surface area contributed by atoms with Gasteiger partial charge in [0.05, 0.1) is 32.8 Å². The summed E-state index contributed by atoms with van der Waals surface area (Å²) < 4.78 is 13.2. The molecule has 3 saturated heterocycles. The van der Waals surface area contributed by atoms with Gasteiger partial charge >= 0.3 is 6.09 Å². The Labute approximate surface area is 206 Å². The van der Waals surface area contributed by atoms with E-state index in [-0.39, 0.29) is 12.2 Å². The second kappa shape index (κ2) is 10.7. The molecular weight excluding hydrogens is 444 g/mol. The predicted molar refractivity (Wildman–Crippen MR) is 136 cm³/mol. The van der Waals surface area contributed by atoms with Gasteiger partial charge in [0.1, 0.15) is 18.1 Å². The van der Waals surface area contributed by atoms with Crippen molar-refractivity contribution in [2.45, 2.75) is 32.1 Å². The third-order valence-corrected chi connectivity index (χ3v) is 8.18. The van der Waals surface area contributed by atoms with Gasteiger partial charge in [0.25, 0.3) is 0 Å². The van der Waals surface area contributed by atoms with Crippen molar-refractivity contribution in [1.29, 1.82) is 0 Å². The number of thiophene rings is 1. The van der Waals surface area contributed by atoms with Crippen molar-refractivity contribution in [2.24, 2.45) is 5.92 Å². The zero-order valence-electron chi connectivity index (χ0n) is 19.6. The number of hydrogen-bond donors (Lipinski definition) is 0. The Morgan fingerprint density at radius 1 is 0.941 bits per heavy atom. The number of ether oxygens (including phenoxy) is 2. The van der Waals surface area contributed by atoms with Crippen LogP contribution in [0.25, 0.3) is 0 Å². The van der Waals surface area contributed by atoms with Gasteiger partial charge in [-0.25, -0.2) is 4.79 Å². The fraction of sp³-hybridized carbons (Fsp3) is 0.393. The predicted octanol–water partition coefficient (Wildman–Crippen LogP) is 5.72. The Hall–Kier alpha value is -2.67. The van der Waals surface area contributed by atoms with Crippen molar-refractivity contribution in [3.63, 3.8) is 0 Å². The van der Waals surface area contributed by atoms with Gasteiger partial charge in [-0.05, 0) is 28.6 Å². The molecule has 0 aliphatic carbocycles. The van der Waals surface area contributed by atoms with Gasteiger partial charge in [-0.2, -0.15) is 0 Å². The van der Waals surface area contributed by atoms with Crippen molar-refractivity contribution < 1.29 is 18.8 Å². The molecule has 2 aromatic carbocycles. The van der Waals surface area contributed by atoms with Crippen LogP contribution in [0.4, 0.5) is 9.80 Å². The van der Waals surface area contributed by atoms with Crippen LogP contribution in [-0.2, 0) is 22.6 Å². The third kappa shape index (κ3) is 5.52. The molecule has 3 fully saturated rings. The lowest BCUT2D eigenvalue weighted by Crippen LogP contribution is -2.65. The fourth-order valence-electron chi connectivity index (χ4n) is 5.31. The number of benzene rings is 2. The molecule has 6 rings (SSSR count). The lowest BCUT2D eigenvalue weighted by molar-refractivity contribution is -0.946. The quantitative estimate of drug-likeness (QED) is 0.292. The minimum atomic E-state index is -0.233. The van der Waals surface area contributed by atoms with E-state index in [2.05, 4.69) is 24.3 Å². The molecule has 0 unspecified atom stereocenters. The highest BCUT2D eigenvalue weighted by Crippen LogP contribution is 2.36. The molecule has 4 heterocycles. The smallest absolute Gasteiger partial charge is 0.415 e. The largest absolute Gasteiger partial charge is 0.439 e. The number of carbonyl (C=O) groups is 1. The summed E-state index contributed by atoms with van der Waals surface area (Å²) in [6.07, 6.45) is 1.98. The molecule has 6 heteroatoms. The zero-order chi connectivity index (χ0) is 23.2. The summed E-state index contributed by atoms with van der Waals surface area (Å²) in [4.78, 5) is 15.2. The minimum Gasteiger partial charge on any atom is -0.439 e. The first kappa shape index (κ1) is 23.1. The normalized spacial score (nSPS) is 23.5. The molecule has 1 aromatic heterocycles. The highest BCUT2D eigenvalue weighted by atomic mass is 32.1. The summed E-state index contributed by atoms with van der Waals surface area (Å²) in [7, 11) is 0. The van der Waals surface area contributed by atoms with Crippen molar-refractivity contribution in [3.8, 4) is 0 Å². The lowest BCUT2D eigenvalue weighted by atomic mass is 9.83. The number of amides is 1. The Bertz CT molecular complexity index is 1030. The number of carbonyl (C=O) groups excluding carboxylic acids is 1. The summed E-state index contributed by atoms with van der Waals surface area (Å²) in [6, 6.07) is 24.4. The van der Waals surface area contributed by atoms with Gasteiger partial charge in [-0.15, -0.1) is 11.3 Å². The van der Waals surface area contributed by atoms with E-state index in [0.29, 0.717) is 19.1 Å². The fourth-order valence-corrected chi connectivity index (χ4v) is 6.03. The average molecular weight is 478 g/mol. The second-order valence-corrected chi connectivity index (χ2v) is 10.4. The van der Waals surface area contributed by atoms with E-state index in [9.17, 15) is 4.79 Å². The number of quaternary nitrogens is 1. The molecule has 34 heavy (non-hydrogen) atoms. The summed E-state index contributed by atoms with van der Waals surface area (Å²) in [5.41, 5.74) is 2.31. The number of fused-ring (bicyclic) bond motifs is 3. The van der Waals surface area contributed by atoms with Crippen molar-refractivity contribution in [3.05, 3.63) is 89.3 Å². The topological polar surface area (TPSA) is 38.8 Å². The van der Waals surface area contributed by atoms with E-state index >= 15 is 0 Å². The van der Waals surface area contributed by atoms with Crippen LogP contribution in [0, 0.1) is 5.92 Å². The first-order chi connectivity index (χ1) is 16.7. The van der Waals surface area contributed by atoms with Crippen LogP contribution < -0.4 is 4.90 Å². The monoisotopic (exact) mass is 477 g/mol. The highest BCUT2D eigenvalue weighted by molar-refractivity contribution is 7.14. The van der Waals surface area contributed by atoms with Crippen LogP contribution in [0.1, 0.15) is 24.0 Å². The van der Waals surface area contributed by atoms with Crippen LogP contribution in [0.3, 0.4) is 0 Å². The zero-order valence-corrected chi connectivity index (χ0v) is 20.4. The van der Waals surface area contributed by atoms with Crippen LogP contribution in [0.15, 0.2) is 78.2 Å². The Balaban J connectivity index is 1.20. The number of anilines is 1. The molecule has 2 bridgehead atoms. The molecule has 3 aromatic rings. The van der Waals surface area contributed by atoms with E-state index in [4.69, 9.17) is 9.47 Å². The van der Waals surface area contributed by atoms with Crippen LogP contribution in [0.2, 0.25) is 0 Å². The standard InChI is InChI=1S/C28H33N2O3S/c31-28(29(27-12-7-19-34-27)20-23-8-3-1-4-9-23)33-26-21-30(15-13-25(26)14-16-30)17-18-32-22-24-10-5-2-6-11-24/h1-12,19,25-26H,13-18,20-22H2/q+1/t25?,26-,30?/m0/s1. The lowest BCUT2D eigenvalue weighted by Gasteiger charge is -2.52. The van der Waals surface area contributed by atoms with Crippen molar-refractivity contribution in [1.82, 2.24) is 0 Å². The Morgan fingerprint density at radius 3 is 2.32 bits per heavy atom. The summed E-state index contributed by atoms with van der Waals surface area (Å²) in [6.45, 7) is 6.09. The molecule has 0 radical (unpaired) electrons. The first-order valence-electron chi connectivity index (χ1n) is 12.2. The molecule has 5 nitrogen and oxygen atoms in total. The summed E-state index contributed by atoms with van der Waals surface area (Å²) in [5, 5.41) is 2.93. The second-order valence-electron chi connectivity index (χ2n) is 9.52. The molecule has 0 N–H and O–H groups in total. The SMILES string of the molecule is O=C(O[C@H]1C[N+]2(CCOCc3ccccc3)CCC1CC2)N(Cc1ccccc1)c1cccs1. The van der Waals surface area contributed by atoms with Crippen LogP contribution in [-0.4, -0.2) is 49.5 Å². The van der Waals surface area contributed by atoms with Gasteiger partial charge in [0.2, 0.25) is 0 Å². The van der Waals surface area contributed by atoms with E-state index in [1.54, 1.807) is 16.2 Å². The van der Waals surface area contributed by atoms with Gasteiger partial charge < -0.3 is 14.0 Å². The van der Waals surface area contributed by atoms with E-state index in [1.807, 2.05) is 53.9 Å². The van der Waals surface area contributed by atoms with E-state index < -0.39 is 0 Å². The molecule has 3 aliphatic heterocycles. The molecule has 1 atom stereocenters. The van der Waals surface area contributed by atoms with E-state index in [1.165, 1.54) is 5.56 Å². The maximum Gasteiger partial charge on any atom is 0.415 e. The Morgan fingerprint density at radius 2 is 1.65 bits per heavy atom. The van der Waals surface area contributed by atoms with Crippen molar-refractivity contribution in [2.75, 3.05) is 37.7 Å². The molecular formula is C28H33N2O3S+. The molecule has 0 spiro atoms. The van der Waals surface area contributed by atoms with Gasteiger partial charge in [0.15, 0.2) is 6.10 Å². The molecule has 3 aliphatic rings. The number of piperidine rings is 3. The van der Waals surface area contributed by atoms with Gasteiger partial charge in [-0.1, -0.05) is 60.7 Å². The third-order valence-electron chi connectivity index (χ3n) is 7.29. The summed E-state index contributed by atoms with van der Waals surface area (Å²) in [5.74, 6) is 0.469. The van der Waals surface area contributed by atoms with E-state index in [0.717, 1.165) is 60.7 Å². The maximum absolute atomic E-state index is 13.4. The number of hydrogen-bond acceptors (Lipinski definition) is 4. The number of nitrogens with zero attached hydrogens (tertiary/aromatic N) is 2. The molecule has 0 saturated carbocycles. The van der Waals surface area contributed by atoms with Crippen LogP contribution in [0.5, 0.6) is 0 Å². The minimum absolute atomic E-state index is 0.0256. The van der Waals surface area contributed by atoms with Gasteiger partial charge in [0, 0.05) is 18.8 Å². The average Bonchev–Trinajstić information content (AvgIpc) is 3.42. The van der Waals surface area contributed by atoms with Crippen molar-refractivity contribution >= 4 is 22.4 Å². The maximum atomic E-state index is 13.4. The van der Waals surface area contributed by atoms with Crippen LogP contribution >= 0.6 is 11.3 Å². The first-order valence-corrected chi connectivity index (χ1v) is 13.1. The summed E-state index contributed by atoms with van der Waals surface area (Å²) >= 11 is 1.57.